The first-order chi connectivity index (χ1) is 12.5. The lowest BCUT2D eigenvalue weighted by Crippen LogP contribution is -2.45. The smallest absolute Gasteiger partial charge is 0.216 e. The van der Waals surface area contributed by atoms with Crippen molar-refractivity contribution in [3.8, 4) is 0 Å². The molecule has 0 aromatic carbocycles. The largest absolute Gasteiger partial charge is 0.443 e. The van der Waals surface area contributed by atoms with Crippen LogP contribution in [-0.4, -0.2) is 47.6 Å². The number of aromatic nitrogens is 1. The molecule has 2 fully saturated rings. The molecule has 154 valence electrons. The van der Waals surface area contributed by atoms with Crippen molar-refractivity contribution in [3.63, 3.8) is 0 Å². The molecule has 6 nitrogen and oxygen atoms in total. The van der Waals surface area contributed by atoms with E-state index in [2.05, 4.69) is 53.2 Å². The lowest BCUT2D eigenvalue weighted by atomic mass is 9.94. The molecule has 3 rings (SSSR count). The Balaban J connectivity index is 0.00000261. The normalized spacial score (nSPS) is 22.1. The van der Waals surface area contributed by atoms with Gasteiger partial charge < -0.3 is 15.1 Å². The Hall–Kier alpha value is -0.830. The standard InChI is InChI=1S/C20H35N5O.HI/c1-5-21-19(23-13-18-22-12-17(26-18)20(2,3)4)24-15-10-11-25(14-15)16-8-6-7-9-16;/h12,15-16H,5-11,13-14H2,1-4H3,(H2,21,23,24);1H. The molecule has 0 spiro atoms. The summed E-state index contributed by atoms with van der Waals surface area (Å²) in [6, 6.07) is 1.28. The molecule has 27 heavy (non-hydrogen) atoms. The topological polar surface area (TPSA) is 65.7 Å². The Labute approximate surface area is 181 Å². The van der Waals surface area contributed by atoms with Gasteiger partial charge in [0.1, 0.15) is 12.3 Å². The molecular formula is C20H36IN5O. The van der Waals surface area contributed by atoms with Crippen LogP contribution in [-0.2, 0) is 12.0 Å². The maximum absolute atomic E-state index is 5.85. The number of aliphatic imine (C=N–C) groups is 1. The molecule has 0 radical (unpaired) electrons. The van der Waals surface area contributed by atoms with Gasteiger partial charge in [0.15, 0.2) is 5.96 Å². The molecule has 2 aliphatic rings. The zero-order valence-electron chi connectivity index (χ0n) is 17.3. The number of nitrogens with one attached hydrogen (secondary N) is 2. The molecule has 2 heterocycles. The predicted octanol–water partition coefficient (Wildman–Crippen LogP) is 3.66. The van der Waals surface area contributed by atoms with Gasteiger partial charge in [0.05, 0.1) is 6.20 Å². The van der Waals surface area contributed by atoms with E-state index >= 15 is 0 Å². The minimum absolute atomic E-state index is 0. The van der Waals surface area contributed by atoms with E-state index in [0.717, 1.165) is 30.9 Å². The number of nitrogens with zero attached hydrogens (tertiary/aromatic N) is 3. The summed E-state index contributed by atoms with van der Waals surface area (Å²) in [6.45, 7) is 12.1. The third-order valence-corrected chi connectivity index (χ3v) is 5.41. The zero-order chi connectivity index (χ0) is 18.6. The van der Waals surface area contributed by atoms with E-state index in [1.807, 2.05) is 6.20 Å². The molecule has 1 aliphatic heterocycles. The van der Waals surface area contributed by atoms with Crippen LogP contribution in [0.3, 0.4) is 0 Å². The first kappa shape index (κ1) is 22.5. The van der Waals surface area contributed by atoms with Gasteiger partial charge in [0, 0.05) is 37.1 Å². The number of hydrogen-bond donors (Lipinski definition) is 2. The summed E-state index contributed by atoms with van der Waals surface area (Å²) < 4.78 is 5.85. The molecule has 0 amide bonds. The fourth-order valence-corrected chi connectivity index (χ4v) is 3.90. The zero-order valence-corrected chi connectivity index (χ0v) is 19.6. The second-order valence-corrected chi connectivity index (χ2v) is 8.63. The lowest BCUT2D eigenvalue weighted by molar-refractivity contribution is 0.242. The monoisotopic (exact) mass is 489 g/mol. The summed E-state index contributed by atoms with van der Waals surface area (Å²) in [7, 11) is 0. The van der Waals surface area contributed by atoms with Gasteiger partial charge in [0.2, 0.25) is 5.89 Å². The van der Waals surface area contributed by atoms with Crippen LogP contribution in [0.2, 0.25) is 0 Å². The van der Waals surface area contributed by atoms with E-state index in [9.17, 15) is 0 Å². The van der Waals surface area contributed by atoms with Gasteiger partial charge in [-0.05, 0) is 26.2 Å². The first-order valence-corrected chi connectivity index (χ1v) is 10.2. The average molecular weight is 489 g/mol. The van der Waals surface area contributed by atoms with E-state index in [4.69, 9.17) is 4.42 Å². The van der Waals surface area contributed by atoms with Crippen molar-refractivity contribution in [2.75, 3.05) is 19.6 Å². The molecule has 1 aliphatic carbocycles. The van der Waals surface area contributed by atoms with Gasteiger partial charge in [0.25, 0.3) is 0 Å². The maximum Gasteiger partial charge on any atom is 0.216 e. The number of guanidine groups is 1. The third kappa shape index (κ3) is 6.34. The molecular weight excluding hydrogens is 453 g/mol. The fraction of sp³-hybridized carbons (Fsp3) is 0.800. The van der Waals surface area contributed by atoms with Crippen molar-refractivity contribution in [2.24, 2.45) is 4.99 Å². The Morgan fingerprint density at radius 3 is 2.67 bits per heavy atom. The van der Waals surface area contributed by atoms with Gasteiger partial charge in [-0.25, -0.2) is 9.98 Å². The molecule has 0 bridgehead atoms. The van der Waals surface area contributed by atoms with Gasteiger partial charge in [-0.15, -0.1) is 24.0 Å². The summed E-state index contributed by atoms with van der Waals surface area (Å²) >= 11 is 0. The highest BCUT2D eigenvalue weighted by Crippen LogP contribution is 2.26. The van der Waals surface area contributed by atoms with Crippen LogP contribution in [0.15, 0.2) is 15.6 Å². The molecule has 1 aromatic heterocycles. The van der Waals surface area contributed by atoms with Crippen LogP contribution in [0.25, 0.3) is 0 Å². The van der Waals surface area contributed by atoms with Crippen molar-refractivity contribution in [2.45, 2.75) is 83.8 Å². The minimum Gasteiger partial charge on any atom is -0.443 e. The number of likely N-dealkylation sites (tertiary alicyclic amines) is 1. The van der Waals surface area contributed by atoms with Crippen molar-refractivity contribution < 1.29 is 4.42 Å². The van der Waals surface area contributed by atoms with Gasteiger partial charge in [-0.2, -0.15) is 0 Å². The molecule has 1 atom stereocenters. The fourth-order valence-electron chi connectivity index (χ4n) is 3.90. The van der Waals surface area contributed by atoms with Gasteiger partial charge >= 0.3 is 0 Å². The Bertz CT molecular complexity index is 604. The van der Waals surface area contributed by atoms with E-state index in [0.29, 0.717) is 18.5 Å². The lowest BCUT2D eigenvalue weighted by Gasteiger charge is -2.24. The summed E-state index contributed by atoms with van der Waals surface area (Å²) in [4.78, 5) is 11.7. The minimum atomic E-state index is -0.0226. The number of hydrogen-bond acceptors (Lipinski definition) is 4. The van der Waals surface area contributed by atoms with Crippen LogP contribution in [0.1, 0.15) is 71.5 Å². The van der Waals surface area contributed by atoms with Crippen molar-refractivity contribution in [3.05, 3.63) is 17.8 Å². The van der Waals surface area contributed by atoms with Crippen LogP contribution >= 0.6 is 24.0 Å². The Morgan fingerprint density at radius 1 is 1.30 bits per heavy atom. The highest BCUT2D eigenvalue weighted by molar-refractivity contribution is 14.0. The van der Waals surface area contributed by atoms with Crippen LogP contribution < -0.4 is 10.6 Å². The quantitative estimate of drug-likeness (QED) is 0.376. The number of oxazole rings is 1. The molecule has 1 saturated carbocycles. The molecule has 1 aromatic rings. The summed E-state index contributed by atoms with van der Waals surface area (Å²) in [5.74, 6) is 2.44. The van der Waals surface area contributed by atoms with E-state index in [1.54, 1.807) is 0 Å². The third-order valence-electron chi connectivity index (χ3n) is 5.41. The highest BCUT2D eigenvalue weighted by atomic mass is 127. The molecule has 1 unspecified atom stereocenters. The molecule has 1 saturated heterocycles. The summed E-state index contributed by atoms with van der Waals surface area (Å²) in [6.07, 6.45) is 8.56. The predicted molar refractivity (Wildman–Crippen MR) is 121 cm³/mol. The average Bonchev–Trinajstić information content (AvgIpc) is 3.32. The summed E-state index contributed by atoms with van der Waals surface area (Å²) in [5, 5.41) is 6.96. The maximum atomic E-state index is 5.85. The van der Waals surface area contributed by atoms with E-state index in [-0.39, 0.29) is 29.4 Å². The first-order valence-electron chi connectivity index (χ1n) is 10.2. The Kier molecular flexibility index (Phi) is 8.39. The second kappa shape index (κ2) is 10.1. The van der Waals surface area contributed by atoms with Crippen molar-refractivity contribution >= 4 is 29.9 Å². The van der Waals surface area contributed by atoms with Gasteiger partial charge in [-0.1, -0.05) is 33.6 Å². The second-order valence-electron chi connectivity index (χ2n) is 8.63. The van der Waals surface area contributed by atoms with E-state index in [1.165, 1.54) is 38.6 Å². The number of rotatable bonds is 5. The van der Waals surface area contributed by atoms with Crippen LogP contribution in [0.4, 0.5) is 0 Å². The Morgan fingerprint density at radius 2 is 2.04 bits per heavy atom. The SMILES string of the molecule is CCNC(=NCc1ncc(C(C)(C)C)o1)NC1CCN(C2CCCC2)C1.I. The molecule has 2 N–H and O–H groups in total. The number of halogens is 1. The van der Waals surface area contributed by atoms with Gasteiger partial charge in [-0.3, -0.25) is 4.90 Å². The van der Waals surface area contributed by atoms with Crippen molar-refractivity contribution in [1.82, 2.24) is 20.5 Å². The van der Waals surface area contributed by atoms with E-state index < -0.39 is 0 Å². The summed E-state index contributed by atoms with van der Waals surface area (Å²) in [5.41, 5.74) is -0.0226. The molecule has 7 heteroatoms. The highest BCUT2D eigenvalue weighted by Gasteiger charge is 2.30. The van der Waals surface area contributed by atoms with Crippen LogP contribution in [0, 0.1) is 0 Å². The van der Waals surface area contributed by atoms with Crippen LogP contribution in [0.5, 0.6) is 0 Å². The van der Waals surface area contributed by atoms with Crippen molar-refractivity contribution in [1.29, 1.82) is 0 Å².